The normalized spacial score (nSPS) is 23.3. The van der Waals surface area contributed by atoms with E-state index in [-0.39, 0.29) is 27.9 Å². The highest BCUT2D eigenvalue weighted by molar-refractivity contribution is 7.89. The van der Waals surface area contributed by atoms with E-state index >= 15 is 0 Å². The molecule has 8 heteroatoms. The molecule has 6 nitrogen and oxygen atoms in total. The topological polar surface area (TPSA) is 78.3 Å². The van der Waals surface area contributed by atoms with Crippen LogP contribution in [-0.4, -0.2) is 37.2 Å². The number of benzene rings is 2. The van der Waals surface area contributed by atoms with Crippen molar-refractivity contribution in [3.63, 3.8) is 0 Å². The summed E-state index contributed by atoms with van der Waals surface area (Å²) < 4.78 is 35.8. The van der Waals surface area contributed by atoms with Gasteiger partial charge in [-0.15, -0.1) is 6.58 Å². The Morgan fingerprint density at radius 3 is 2.12 bits per heavy atom. The number of carbonyl (C=O) groups is 1. The summed E-state index contributed by atoms with van der Waals surface area (Å²) in [7, 11) is -6.77. The maximum absolute atomic E-state index is 13.7. The summed E-state index contributed by atoms with van der Waals surface area (Å²) in [6, 6.07) is 20.5. The molecule has 3 atom stereocenters. The molecule has 2 aliphatic carbocycles. The average molecular weight is 577 g/mol. The van der Waals surface area contributed by atoms with Crippen molar-refractivity contribution in [2.24, 2.45) is 16.7 Å². The van der Waals surface area contributed by atoms with Crippen LogP contribution < -0.4 is 10.4 Å². The number of aromatic nitrogens is 2. The molecule has 0 spiro atoms. The largest absolute Gasteiger partial charge is 0.395 e. The van der Waals surface area contributed by atoms with E-state index in [9.17, 15) is 13.2 Å². The Hall–Kier alpha value is -2.81. The van der Waals surface area contributed by atoms with Gasteiger partial charge in [-0.1, -0.05) is 101 Å². The summed E-state index contributed by atoms with van der Waals surface area (Å²) in [5.74, 6) is 0.127. The molecule has 5 rings (SSSR count). The van der Waals surface area contributed by atoms with Gasteiger partial charge in [-0.25, -0.2) is 17.4 Å². The van der Waals surface area contributed by atoms with Crippen LogP contribution in [0.15, 0.2) is 85.8 Å². The fraction of sp³-hybridized carbons (Fsp3) is 0.438. The lowest BCUT2D eigenvalue weighted by atomic mass is 9.70. The van der Waals surface area contributed by atoms with Crippen molar-refractivity contribution in [3.8, 4) is 0 Å². The molecule has 2 saturated carbocycles. The van der Waals surface area contributed by atoms with Gasteiger partial charge in [0.15, 0.2) is 0 Å². The van der Waals surface area contributed by atoms with Crippen LogP contribution in [0.2, 0.25) is 5.04 Å². The van der Waals surface area contributed by atoms with Crippen molar-refractivity contribution in [1.29, 1.82) is 0 Å². The molecule has 0 radical (unpaired) electrons. The molecule has 0 saturated heterocycles. The molecule has 2 bridgehead atoms. The maximum atomic E-state index is 13.7. The Balaban J connectivity index is 1.52. The molecule has 2 aromatic carbocycles. The fourth-order valence-corrected chi connectivity index (χ4v) is 13.7. The van der Waals surface area contributed by atoms with E-state index in [2.05, 4.69) is 70.4 Å². The van der Waals surface area contributed by atoms with Gasteiger partial charge in [-0.2, -0.15) is 0 Å². The zero-order chi connectivity index (χ0) is 29.0. The maximum Gasteiger partial charge on any atom is 0.262 e. The van der Waals surface area contributed by atoms with Gasteiger partial charge in [0.25, 0.3) is 8.32 Å². The predicted octanol–water partition coefficient (Wildman–Crippen LogP) is 5.26. The van der Waals surface area contributed by atoms with Crippen molar-refractivity contribution in [3.05, 3.63) is 91.5 Å². The molecule has 3 unspecified atom stereocenters. The van der Waals surface area contributed by atoms with E-state index in [4.69, 9.17) is 4.43 Å². The van der Waals surface area contributed by atoms with Gasteiger partial charge in [0.05, 0.1) is 16.9 Å². The quantitative estimate of drug-likeness (QED) is 0.257. The Kier molecular flexibility index (Phi) is 7.12. The van der Waals surface area contributed by atoms with Crippen LogP contribution in [0, 0.1) is 16.7 Å². The number of carbonyl (C=O) groups excluding carboxylic acids is 1. The number of rotatable bonds is 9. The van der Waals surface area contributed by atoms with Gasteiger partial charge < -0.3 is 4.43 Å². The lowest BCUT2D eigenvalue weighted by Gasteiger charge is -2.44. The van der Waals surface area contributed by atoms with Crippen LogP contribution in [0.3, 0.4) is 0 Å². The second-order valence-electron chi connectivity index (χ2n) is 13.0. The van der Waals surface area contributed by atoms with Crippen LogP contribution >= 0.6 is 0 Å². The van der Waals surface area contributed by atoms with Gasteiger partial charge in [0.1, 0.15) is 18.2 Å². The van der Waals surface area contributed by atoms with Crippen LogP contribution in [0.1, 0.15) is 65.7 Å². The molecule has 212 valence electrons. The molecule has 2 fully saturated rings. The van der Waals surface area contributed by atoms with Gasteiger partial charge in [0, 0.05) is 12.6 Å². The highest BCUT2D eigenvalue weighted by atomic mass is 32.2. The number of hydrogen-bond acceptors (Lipinski definition) is 5. The predicted molar refractivity (Wildman–Crippen MR) is 162 cm³/mol. The number of fused-ring (bicyclic) bond motifs is 2. The SMILES string of the molecule is C=CC(O[Si](c1ccccc1)(c1ccccc1)C(C)(C)C)c1cn(S(=O)(=O)CC23CCC(CC2=O)C3(C)C)cn1. The lowest BCUT2D eigenvalue weighted by Crippen LogP contribution is -2.66. The molecule has 1 heterocycles. The Morgan fingerprint density at radius 2 is 1.68 bits per heavy atom. The third-order valence-corrected chi connectivity index (χ3v) is 16.4. The van der Waals surface area contributed by atoms with Crippen LogP contribution in [0.4, 0.5) is 0 Å². The van der Waals surface area contributed by atoms with E-state index in [1.807, 2.05) is 36.4 Å². The lowest BCUT2D eigenvalue weighted by molar-refractivity contribution is -0.128. The summed E-state index contributed by atoms with van der Waals surface area (Å²) in [5.41, 5.74) is -0.703. The molecule has 0 aliphatic heterocycles. The van der Waals surface area contributed by atoms with Gasteiger partial charge in [-0.05, 0) is 39.6 Å². The summed E-state index contributed by atoms with van der Waals surface area (Å²) >= 11 is 0. The monoisotopic (exact) mass is 576 g/mol. The Bertz CT molecular complexity index is 1470. The smallest absolute Gasteiger partial charge is 0.262 e. The number of nitrogens with zero attached hydrogens (tertiary/aromatic N) is 2. The standard InChI is InChI=1S/C32H40N2O4SSi/c1-7-28(38-40(30(2,3)4,25-14-10-8-11-15-25)26-16-12-9-13-17-26)27-21-34(23-33-27)39(36,37)22-32-19-18-24(20-29(32)35)31(32,5)6/h7-17,21,23-24,28H,1,18-20,22H2,2-6H3. The van der Waals surface area contributed by atoms with E-state index in [0.717, 1.165) is 16.8 Å². The van der Waals surface area contributed by atoms with E-state index < -0.39 is 29.9 Å². The number of Topliss-reactive ketones (excluding diaryl/α,β-unsaturated/α-hetero) is 1. The minimum atomic E-state index is -3.83. The highest BCUT2D eigenvalue weighted by Crippen LogP contribution is 2.64. The Morgan fingerprint density at radius 1 is 1.10 bits per heavy atom. The summed E-state index contributed by atoms with van der Waals surface area (Å²) in [6.07, 6.45) is 5.93. The van der Waals surface area contributed by atoms with Crippen molar-refractivity contribution in [1.82, 2.24) is 8.96 Å². The highest BCUT2D eigenvalue weighted by Gasteiger charge is 2.65. The molecular weight excluding hydrogens is 537 g/mol. The minimum Gasteiger partial charge on any atom is -0.395 e. The molecule has 2 aliphatic rings. The first-order valence-electron chi connectivity index (χ1n) is 14.0. The molecule has 0 amide bonds. The fourth-order valence-electron chi connectivity index (χ4n) is 7.22. The van der Waals surface area contributed by atoms with Crippen molar-refractivity contribution >= 4 is 34.5 Å². The second-order valence-corrected chi connectivity index (χ2v) is 19.1. The molecule has 0 N–H and O–H groups in total. The van der Waals surface area contributed by atoms with Gasteiger partial charge in [-0.3, -0.25) is 4.79 Å². The third kappa shape index (κ3) is 4.35. The van der Waals surface area contributed by atoms with Gasteiger partial charge >= 0.3 is 0 Å². The number of imidazole rings is 1. The first kappa shape index (κ1) is 28.7. The van der Waals surface area contributed by atoms with E-state index in [1.54, 1.807) is 6.08 Å². The van der Waals surface area contributed by atoms with E-state index in [0.29, 0.717) is 18.5 Å². The van der Waals surface area contributed by atoms with Crippen LogP contribution in [0.25, 0.3) is 0 Å². The minimum absolute atomic E-state index is 0.0802. The first-order chi connectivity index (χ1) is 18.8. The van der Waals surface area contributed by atoms with Crippen molar-refractivity contribution < 1.29 is 17.6 Å². The summed E-state index contributed by atoms with van der Waals surface area (Å²) in [4.78, 5) is 17.6. The number of ketones is 1. The van der Waals surface area contributed by atoms with Crippen LogP contribution in [0.5, 0.6) is 0 Å². The summed E-state index contributed by atoms with van der Waals surface area (Å²) in [6.45, 7) is 14.7. The van der Waals surface area contributed by atoms with Crippen LogP contribution in [-0.2, 0) is 19.2 Å². The molecular formula is C32H40N2O4SSi. The molecule has 40 heavy (non-hydrogen) atoms. The van der Waals surface area contributed by atoms with Crippen molar-refractivity contribution in [2.45, 2.75) is 65.0 Å². The molecule has 3 aromatic rings. The molecule has 1 aromatic heterocycles. The van der Waals surface area contributed by atoms with Gasteiger partial charge in [0.2, 0.25) is 10.0 Å². The third-order valence-electron chi connectivity index (χ3n) is 9.70. The zero-order valence-corrected chi connectivity index (χ0v) is 25.9. The Labute approximate surface area is 239 Å². The van der Waals surface area contributed by atoms with E-state index in [1.165, 1.54) is 16.5 Å². The first-order valence-corrected chi connectivity index (χ1v) is 17.5. The zero-order valence-electron chi connectivity index (χ0n) is 24.1. The van der Waals surface area contributed by atoms with Crippen molar-refractivity contribution in [2.75, 3.05) is 5.75 Å². The second kappa shape index (κ2) is 9.93. The average Bonchev–Trinajstić information content (AvgIpc) is 3.54. The summed E-state index contributed by atoms with van der Waals surface area (Å²) in [5, 5.41) is 1.96. The number of hydrogen-bond donors (Lipinski definition) is 0.